The van der Waals surface area contributed by atoms with Crippen LogP contribution in [0.3, 0.4) is 0 Å². The maximum atomic E-state index is 11.9. The summed E-state index contributed by atoms with van der Waals surface area (Å²) in [6.07, 6.45) is -4.06. The molecule has 0 spiro atoms. The first-order valence-electron chi connectivity index (χ1n) is 3.93. The SMILES string of the molecule is [CH2-][NH+]1CCN(CC(F)(F)F)CC1. The van der Waals surface area contributed by atoms with E-state index in [0.717, 1.165) is 4.90 Å². The van der Waals surface area contributed by atoms with Crippen LogP contribution in [0.1, 0.15) is 0 Å². The van der Waals surface area contributed by atoms with Crippen LogP contribution in [0.5, 0.6) is 0 Å². The molecular formula is C7H13F3N2. The van der Waals surface area contributed by atoms with Gasteiger partial charge in [0.25, 0.3) is 0 Å². The Balaban J connectivity index is 2.26. The van der Waals surface area contributed by atoms with Crippen molar-refractivity contribution in [2.75, 3.05) is 32.7 Å². The normalized spacial score (nSPS) is 23.0. The lowest BCUT2D eigenvalue weighted by Crippen LogP contribution is -3.10. The second-order valence-corrected chi connectivity index (χ2v) is 3.14. The average molecular weight is 182 g/mol. The third kappa shape index (κ3) is 3.40. The molecule has 1 aliphatic heterocycles. The second kappa shape index (κ2) is 3.62. The number of hydrogen-bond acceptors (Lipinski definition) is 1. The van der Waals surface area contributed by atoms with Crippen molar-refractivity contribution in [3.63, 3.8) is 0 Å². The van der Waals surface area contributed by atoms with Crippen molar-refractivity contribution in [3.8, 4) is 0 Å². The molecule has 5 heteroatoms. The summed E-state index contributed by atoms with van der Waals surface area (Å²) in [7, 11) is 3.74. The van der Waals surface area contributed by atoms with Crippen molar-refractivity contribution in [3.05, 3.63) is 7.05 Å². The number of quaternary nitrogens is 1. The minimum Gasteiger partial charge on any atom is -0.466 e. The van der Waals surface area contributed by atoms with Gasteiger partial charge in [0.1, 0.15) is 0 Å². The first kappa shape index (κ1) is 9.80. The Morgan fingerprint density at radius 3 is 2.17 bits per heavy atom. The fourth-order valence-corrected chi connectivity index (χ4v) is 1.28. The van der Waals surface area contributed by atoms with Crippen LogP contribution < -0.4 is 4.90 Å². The van der Waals surface area contributed by atoms with Crippen molar-refractivity contribution in [1.82, 2.24) is 4.90 Å². The number of piperazine rings is 1. The number of alkyl halides is 3. The molecule has 1 aliphatic rings. The van der Waals surface area contributed by atoms with E-state index in [-0.39, 0.29) is 0 Å². The lowest BCUT2D eigenvalue weighted by molar-refractivity contribution is -0.858. The Morgan fingerprint density at radius 1 is 1.25 bits per heavy atom. The first-order valence-corrected chi connectivity index (χ1v) is 3.93. The minimum absolute atomic E-state index is 0.498. The van der Waals surface area contributed by atoms with E-state index < -0.39 is 12.7 Å². The van der Waals surface area contributed by atoms with E-state index in [4.69, 9.17) is 0 Å². The van der Waals surface area contributed by atoms with Gasteiger partial charge in [0.05, 0.1) is 19.6 Å². The third-order valence-electron chi connectivity index (χ3n) is 1.97. The van der Waals surface area contributed by atoms with Gasteiger partial charge < -0.3 is 4.90 Å². The molecule has 0 atom stereocenters. The summed E-state index contributed by atoms with van der Waals surface area (Å²) in [5.41, 5.74) is 0. The van der Waals surface area contributed by atoms with Crippen LogP contribution in [0.4, 0.5) is 13.2 Å². The minimum atomic E-state index is -4.06. The number of nitrogens with one attached hydrogen (secondary N) is 1. The fraction of sp³-hybridized carbons (Fsp3) is 0.857. The predicted molar refractivity (Wildman–Crippen MR) is 38.5 cm³/mol. The van der Waals surface area contributed by atoms with Crippen LogP contribution in [0.25, 0.3) is 0 Å². The second-order valence-electron chi connectivity index (χ2n) is 3.14. The van der Waals surface area contributed by atoms with Gasteiger partial charge >= 0.3 is 6.18 Å². The molecule has 0 aromatic carbocycles. The van der Waals surface area contributed by atoms with Gasteiger partial charge in [-0.3, -0.25) is 4.90 Å². The molecule has 1 rings (SSSR count). The maximum absolute atomic E-state index is 11.9. The van der Waals surface area contributed by atoms with E-state index in [1.54, 1.807) is 0 Å². The van der Waals surface area contributed by atoms with E-state index in [2.05, 4.69) is 7.05 Å². The summed E-state index contributed by atoms with van der Waals surface area (Å²) in [6, 6.07) is 0. The smallest absolute Gasteiger partial charge is 0.401 e. The van der Waals surface area contributed by atoms with Crippen LogP contribution in [0, 0.1) is 7.05 Å². The van der Waals surface area contributed by atoms with E-state index in [1.807, 2.05) is 0 Å². The third-order valence-corrected chi connectivity index (χ3v) is 1.97. The van der Waals surface area contributed by atoms with Crippen LogP contribution in [0.15, 0.2) is 0 Å². The van der Waals surface area contributed by atoms with Crippen LogP contribution >= 0.6 is 0 Å². The van der Waals surface area contributed by atoms with Crippen molar-refractivity contribution in [1.29, 1.82) is 0 Å². The Morgan fingerprint density at radius 2 is 1.75 bits per heavy atom. The molecule has 0 aromatic heterocycles. The zero-order valence-corrected chi connectivity index (χ0v) is 6.82. The van der Waals surface area contributed by atoms with Gasteiger partial charge in [0.2, 0.25) is 0 Å². The van der Waals surface area contributed by atoms with Gasteiger partial charge in [-0.25, -0.2) is 0 Å². The Bertz CT molecular complexity index is 138. The summed E-state index contributed by atoms with van der Waals surface area (Å²) >= 11 is 0. The number of hydrogen-bond donors (Lipinski definition) is 1. The molecule has 12 heavy (non-hydrogen) atoms. The summed E-state index contributed by atoms with van der Waals surface area (Å²) in [4.78, 5) is 2.49. The van der Waals surface area contributed by atoms with Crippen molar-refractivity contribution < 1.29 is 18.1 Å². The Kier molecular flexibility index (Phi) is 2.95. The molecule has 72 valence electrons. The molecule has 0 saturated carbocycles. The largest absolute Gasteiger partial charge is 0.466 e. The Hall–Kier alpha value is -0.290. The maximum Gasteiger partial charge on any atom is 0.401 e. The zero-order valence-electron chi connectivity index (χ0n) is 6.82. The molecule has 0 bridgehead atoms. The van der Waals surface area contributed by atoms with Gasteiger partial charge in [-0.05, 0) is 0 Å². The highest BCUT2D eigenvalue weighted by Gasteiger charge is 2.31. The van der Waals surface area contributed by atoms with Crippen LogP contribution in [-0.4, -0.2) is 43.8 Å². The molecule has 0 aliphatic carbocycles. The van der Waals surface area contributed by atoms with Crippen molar-refractivity contribution in [2.24, 2.45) is 0 Å². The molecule has 2 nitrogen and oxygen atoms in total. The standard InChI is InChI=1S/C7H13F3N2/c1-11-2-4-12(5-3-11)6-7(8,9)10/h11H,1-6H2. The average Bonchev–Trinajstić information content (AvgIpc) is 1.91. The molecule has 0 radical (unpaired) electrons. The molecule has 0 aromatic rings. The van der Waals surface area contributed by atoms with Gasteiger partial charge in [-0.1, -0.05) is 0 Å². The molecule has 0 amide bonds. The summed E-state index contributed by atoms with van der Waals surface area (Å²) in [5, 5.41) is 0. The molecule has 1 heterocycles. The van der Waals surface area contributed by atoms with E-state index in [9.17, 15) is 13.2 Å². The van der Waals surface area contributed by atoms with Crippen molar-refractivity contribution in [2.45, 2.75) is 6.18 Å². The topological polar surface area (TPSA) is 7.68 Å². The van der Waals surface area contributed by atoms with Gasteiger partial charge in [-0.15, -0.1) is 0 Å². The summed E-state index contributed by atoms with van der Waals surface area (Å²) in [5.74, 6) is 0. The molecular weight excluding hydrogens is 169 g/mol. The predicted octanol–water partition coefficient (Wildman–Crippen LogP) is -0.459. The van der Waals surface area contributed by atoms with E-state index in [0.29, 0.717) is 26.2 Å². The molecule has 0 unspecified atom stereocenters. The van der Waals surface area contributed by atoms with Gasteiger partial charge in [0, 0.05) is 13.1 Å². The van der Waals surface area contributed by atoms with Gasteiger partial charge in [-0.2, -0.15) is 20.2 Å². The Labute approximate surface area is 69.9 Å². The zero-order chi connectivity index (χ0) is 9.19. The number of halogens is 3. The van der Waals surface area contributed by atoms with E-state index in [1.165, 1.54) is 4.90 Å². The lowest BCUT2D eigenvalue weighted by Gasteiger charge is -2.33. The number of rotatable bonds is 1. The first-order chi connectivity index (χ1) is 5.47. The quantitative estimate of drug-likeness (QED) is 0.539. The molecule has 1 saturated heterocycles. The lowest BCUT2D eigenvalue weighted by atomic mass is 10.3. The van der Waals surface area contributed by atoms with Crippen LogP contribution in [-0.2, 0) is 0 Å². The molecule has 1 fully saturated rings. The van der Waals surface area contributed by atoms with Crippen molar-refractivity contribution >= 4 is 0 Å². The number of nitrogens with zero attached hydrogens (tertiary/aromatic N) is 1. The highest BCUT2D eigenvalue weighted by atomic mass is 19.4. The fourth-order valence-electron chi connectivity index (χ4n) is 1.28. The highest BCUT2D eigenvalue weighted by molar-refractivity contribution is 4.64. The summed E-state index contributed by atoms with van der Waals surface area (Å²) in [6.45, 7) is 1.63. The molecule has 1 N–H and O–H groups in total. The van der Waals surface area contributed by atoms with Crippen LogP contribution in [0.2, 0.25) is 0 Å². The van der Waals surface area contributed by atoms with E-state index >= 15 is 0 Å². The summed E-state index contributed by atoms with van der Waals surface area (Å²) < 4.78 is 35.6. The highest BCUT2D eigenvalue weighted by Crippen LogP contribution is 2.15. The monoisotopic (exact) mass is 182 g/mol. The van der Waals surface area contributed by atoms with Gasteiger partial charge in [0.15, 0.2) is 0 Å².